The van der Waals surface area contributed by atoms with Gasteiger partial charge in [-0.3, -0.25) is 9.79 Å². The summed E-state index contributed by atoms with van der Waals surface area (Å²) >= 11 is 0. The number of nitrogens with one attached hydrogen (secondary N) is 1. The maximum atomic E-state index is 13.0. The van der Waals surface area contributed by atoms with Crippen molar-refractivity contribution < 1.29 is 9.32 Å². The minimum atomic E-state index is -0.438. The molecular formula is C28H33N5O2. The molecule has 7 nitrogen and oxygen atoms in total. The molecule has 1 fully saturated rings. The van der Waals surface area contributed by atoms with Crippen LogP contribution in [0.5, 0.6) is 0 Å². The maximum Gasteiger partial charge on any atom is 0.222 e. The molecule has 1 aromatic heterocycles. The van der Waals surface area contributed by atoms with Crippen molar-refractivity contribution in [2.75, 3.05) is 46.3 Å². The number of fused-ring (bicyclic) bond motifs is 3. The zero-order chi connectivity index (χ0) is 24.2. The molecule has 0 radical (unpaired) electrons. The molecule has 1 saturated heterocycles. The highest BCUT2D eigenvalue weighted by Gasteiger charge is 2.31. The Morgan fingerprint density at radius 2 is 1.74 bits per heavy atom. The topological polar surface area (TPSA) is 74.0 Å². The van der Waals surface area contributed by atoms with Crippen molar-refractivity contribution in [3.63, 3.8) is 0 Å². The van der Waals surface area contributed by atoms with Gasteiger partial charge in [-0.05, 0) is 32.5 Å². The number of aromatic nitrogens is 1. The maximum absolute atomic E-state index is 13.0. The number of nitrogens with zero attached hydrogens (tertiary/aromatic N) is 4. The molecule has 0 bridgehead atoms. The van der Waals surface area contributed by atoms with Gasteiger partial charge < -0.3 is 19.6 Å². The van der Waals surface area contributed by atoms with Crippen LogP contribution in [0.3, 0.4) is 0 Å². The number of piperazine rings is 1. The third kappa shape index (κ3) is 5.21. The molecule has 1 atom stereocenters. The normalized spacial score (nSPS) is 18.3. The summed E-state index contributed by atoms with van der Waals surface area (Å²) in [5.41, 5.74) is 5.73. The van der Waals surface area contributed by atoms with Gasteiger partial charge in [-0.2, -0.15) is 0 Å². The smallest absolute Gasteiger partial charge is 0.222 e. The van der Waals surface area contributed by atoms with E-state index in [9.17, 15) is 4.79 Å². The predicted molar refractivity (Wildman–Crippen MR) is 138 cm³/mol. The molecule has 35 heavy (non-hydrogen) atoms. The van der Waals surface area contributed by atoms with Crippen LogP contribution in [0.2, 0.25) is 0 Å². The molecule has 2 aliphatic heterocycles. The van der Waals surface area contributed by atoms with Crippen LogP contribution in [0.4, 0.5) is 0 Å². The van der Waals surface area contributed by atoms with Gasteiger partial charge in [-0.25, -0.2) is 0 Å². The van der Waals surface area contributed by atoms with Gasteiger partial charge in [0.1, 0.15) is 6.04 Å². The molecule has 0 saturated carbocycles. The van der Waals surface area contributed by atoms with Crippen LogP contribution in [0.15, 0.2) is 64.1 Å². The molecule has 0 unspecified atom stereocenters. The summed E-state index contributed by atoms with van der Waals surface area (Å²) in [5.74, 6) is 0.643. The average Bonchev–Trinajstić information content (AvgIpc) is 3.20. The van der Waals surface area contributed by atoms with E-state index < -0.39 is 6.04 Å². The SMILES string of the molecule is Cc1noc2c1-c1ccccc1C(c1ccccc1)=N[C@H]2CC(=O)NCCCN1CCN(C)CC1. The Morgan fingerprint density at radius 1 is 1.03 bits per heavy atom. The fourth-order valence-corrected chi connectivity index (χ4v) is 4.95. The fraction of sp³-hybridized carbons (Fsp3) is 0.393. The van der Waals surface area contributed by atoms with Gasteiger partial charge in [0.2, 0.25) is 5.91 Å². The number of aryl methyl sites for hydroxylation is 1. The van der Waals surface area contributed by atoms with Gasteiger partial charge in [0, 0.05) is 43.9 Å². The van der Waals surface area contributed by atoms with E-state index in [1.807, 2.05) is 37.3 Å². The van der Waals surface area contributed by atoms with Crippen molar-refractivity contribution in [2.45, 2.75) is 25.8 Å². The second-order valence-corrected chi connectivity index (χ2v) is 9.46. The fourth-order valence-electron chi connectivity index (χ4n) is 4.95. The molecule has 7 heteroatoms. The lowest BCUT2D eigenvalue weighted by molar-refractivity contribution is -0.121. The molecule has 3 heterocycles. The van der Waals surface area contributed by atoms with Crippen LogP contribution in [0, 0.1) is 6.92 Å². The standard InChI is InChI=1S/C28H33N5O2/c1-20-26-22-11-6-7-12-23(22)27(21-9-4-3-5-10-21)30-24(28(26)35-31-20)19-25(34)29-13-8-14-33-17-15-32(2)16-18-33/h3-7,9-12,24H,8,13-19H2,1-2H3,(H,29,34)/t24-/m0/s1. The Balaban J connectivity index is 1.33. The monoisotopic (exact) mass is 471 g/mol. The lowest BCUT2D eigenvalue weighted by Gasteiger charge is -2.32. The molecule has 182 valence electrons. The summed E-state index contributed by atoms with van der Waals surface area (Å²) in [6.45, 7) is 8.02. The molecule has 2 aromatic carbocycles. The predicted octanol–water partition coefficient (Wildman–Crippen LogP) is 3.69. The van der Waals surface area contributed by atoms with Crippen LogP contribution in [-0.2, 0) is 4.79 Å². The number of benzene rings is 2. The summed E-state index contributed by atoms with van der Waals surface area (Å²) in [5, 5.41) is 7.35. The lowest BCUT2D eigenvalue weighted by atomic mass is 9.93. The van der Waals surface area contributed by atoms with E-state index in [1.165, 1.54) is 0 Å². The van der Waals surface area contributed by atoms with Crippen molar-refractivity contribution in [3.05, 3.63) is 77.2 Å². The average molecular weight is 472 g/mol. The van der Waals surface area contributed by atoms with E-state index in [1.54, 1.807) is 0 Å². The Bertz CT molecular complexity index is 1200. The third-order valence-electron chi connectivity index (χ3n) is 6.92. The highest BCUT2D eigenvalue weighted by molar-refractivity contribution is 6.17. The largest absolute Gasteiger partial charge is 0.358 e. The van der Waals surface area contributed by atoms with Crippen molar-refractivity contribution in [2.24, 2.45) is 4.99 Å². The molecule has 1 N–H and O–H groups in total. The molecule has 3 aromatic rings. The van der Waals surface area contributed by atoms with Crippen molar-refractivity contribution in [1.29, 1.82) is 0 Å². The first-order valence-electron chi connectivity index (χ1n) is 12.5. The molecular weight excluding hydrogens is 438 g/mol. The number of rotatable bonds is 7. The summed E-state index contributed by atoms with van der Waals surface area (Å²) in [6, 6.07) is 17.9. The second-order valence-electron chi connectivity index (χ2n) is 9.46. The number of amides is 1. The highest BCUT2D eigenvalue weighted by Crippen LogP contribution is 2.40. The van der Waals surface area contributed by atoms with Crippen molar-refractivity contribution in [3.8, 4) is 11.1 Å². The second kappa shape index (κ2) is 10.5. The molecule has 0 aliphatic carbocycles. The summed E-state index contributed by atoms with van der Waals surface area (Å²) in [7, 11) is 2.16. The third-order valence-corrected chi connectivity index (χ3v) is 6.92. The van der Waals surface area contributed by atoms with E-state index in [2.05, 4.69) is 51.6 Å². The number of hydrogen-bond donors (Lipinski definition) is 1. The number of aliphatic imine (C=N–C) groups is 1. The first-order valence-corrected chi connectivity index (χ1v) is 12.5. The summed E-state index contributed by atoms with van der Waals surface area (Å²) in [4.78, 5) is 22.9. The Kier molecular flexibility index (Phi) is 7.06. The van der Waals surface area contributed by atoms with Crippen LogP contribution >= 0.6 is 0 Å². The van der Waals surface area contributed by atoms with Gasteiger partial charge in [0.05, 0.1) is 23.4 Å². The zero-order valence-electron chi connectivity index (χ0n) is 20.5. The number of carbonyl (C=O) groups excluding carboxylic acids is 1. The van der Waals surface area contributed by atoms with E-state index in [-0.39, 0.29) is 12.3 Å². The Hall–Kier alpha value is -3.29. The molecule has 0 spiro atoms. The number of carbonyl (C=O) groups is 1. The van der Waals surface area contributed by atoms with Crippen molar-refractivity contribution in [1.82, 2.24) is 20.3 Å². The van der Waals surface area contributed by atoms with E-state index in [0.717, 1.165) is 72.8 Å². The van der Waals surface area contributed by atoms with Crippen LogP contribution in [0.1, 0.15) is 41.5 Å². The van der Waals surface area contributed by atoms with Crippen molar-refractivity contribution >= 4 is 11.6 Å². The van der Waals surface area contributed by atoms with Crippen LogP contribution < -0.4 is 5.32 Å². The Labute approximate surface area is 206 Å². The highest BCUT2D eigenvalue weighted by atomic mass is 16.5. The minimum absolute atomic E-state index is 0.0181. The van der Waals surface area contributed by atoms with E-state index in [0.29, 0.717) is 12.3 Å². The van der Waals surface area contributed by atoms with Gasteiger partial charge in [-0.1, -0.05) is 59.8 Å². The van der Waals surface area contributed by atoms with E-state index in [4.69, 9.17) is 9.52 Å². The van der Waals surface area contributed by atoms with Gasteiger partial charge in [0.25, 0.3) is 0 Å². The molecule has 1 amide bonds. The lowest BCUT2D eigenvalue weighted by Crippen LogP contribution is -2.45. The molecule has 2 aliphatic rings. The quantitative estimate of drug-likeness (QED) is 0.532. The van der Waals surface area contributed by atoms with Gasteiger partial charge in [-0.15, -0.1) is 0 Å². The van der Waals surface area contributed by atoms with Crippen LogP contribution in [-0.4, -0.2) is 72.9 Å². The van der Waals surface area contributed by atoms with E-state index >= 15 is 0 Å². The van der Waals surface area contributed by atoms with Gasteiger partial charge in [0.15, 0.2) is 5.76 Å². The number of hydrogen-bond acceptors (Lipinski definition) is 6. The first kappa shape index (κ1) is 23.5. The number of likely N-dealkylation sites (N-methyl/N-ethyl adjacent to an activating group) is 1. The van der Waals surface area contributed by atoms with Gasteiger partial charge >= 0.3 is 0 Å². The Morgan fingerprint density at radius 3 is 2.51 bits per heavy atom. The zero-order valence-corrected chi connectivity index (χ0v) is 20.5. The molecule has 5 rings (SSSR count). The van der Waals surface area contributed by atoms with Crippen LogP contribution in [0.25, 0.3) is 11.1 Å². The summed E-state index contributed by atoms with van der Waals surface area (Å²) < 4.78 is 5.79. The minimum Gasteiger partial charge on any atom is -0.358 e. The first-order chi connectivity index (χ1) is 17.1. The summed E-state index contributed by atoms with van der Waals surface area (Å²) in [6.07, 6.45) is 1.16.